The van der Waals surface area contributed by atoms with Gasteiger partial charge in [-0.3, -0.25) is 0 Å². The lowest BCUT2D eigenvalue weighted by Gasteiger charge is -2.33. The number of ether oxygens (including phenoxy) is 1. The topological polar surface area (TPSA) is 76.1 Å². The lowest BCUT2D eigenvalue weighted by molar-refractivity contribution is 0.0488. The maximum atomic E-state index is 12.0. The van der Waals surface area contributed by atoms with Gasteiger partial charge in [0.15, 0.2) is 0 Å². The molecule has 2 N–H and O–H groups in total. The highest BCUT2D eigenvalue weighted by Crippen LogP contribution is 2.22. The lowest BCUT2D eigenvalue weighted by Crippen LogP contribution is -2.50. The summed E-state index contributed by atoms with van der Waals surface area (Å²) in [6, 6.07) is 0.0531. The quantitative estimate of drug-likeness (QED) is 0.821. The Kier molecular flexibility index (Phi) is 5.68. The molecule has 1 heterocycles. The standard InChI is InChI=1S/C16H25ClN4O2/c1-10-9-18-14(21-13(10)17)19-11-7-5-6-8-12(11)20-15(22)23-16(2,3)4/h9,11-12H,5-8H2,1-4H3,(H,20,22)(H,18,19,21)/t11-,12-/m0/s1. The number of nitrogens with one attached hydrogen (secondary N) is 2. The van der Waals surface area contributed by atoms with E-state index in [9.17, 15) is 4.79 Å². The maximum absolute atomic E-state index is 12.0. The van der Waals surface area contributed by atoms with Crippen LogP contribution in [0.15, 0.2) is 6.20 Å². The number of alkyl carbamates (subject to hydrolysis) is 1. The second kappa shape index (κ2) is 7.34. The van der Waals surface area contributed by atoms with Crippen molar-refractivity contribution in [2.45, 2.75) is 71.1 Å². The number of halogens is 1. The van der Waals surface area contributed by atoms with Gasteiger partial charge in [-0.25, -0.2) is 14.8 Å². The van der Waals surface area contributed by atoms with Gasteiger partial charge in [-0.1, -0.05) is 24.4 Å². The van der Waals surface area contributed by atoms with Crippen molar-refractivity contribution < 1.29 is 9.53 Å². The minimum Gasteiger partial charge on any atom is -0.444 e. The zero-order valence-corrected chi connectivity index (χ0v) is 14.9. The highest BCUT2D eigenvalue weighted by Gasteiger charge is 2.29. The molecule has 1 aliphatic rings. The first-order valence-electron chi connectivity index (χ1n) is 8.00. The van der Waals surface area contributed by atoms with Gasteiger partial charge in [0.05, 0.1) is 6.04 Å². The molecule has 0 unspecified atom stereocenters. The van der Waals surface area contributed by atoms with Gasteiger partial charge in [-0.15, -0.1) is 0 Å². The van der Waals surface area contributed by atoms with Crippen LogP contribution in [0.5, 0.6) is 0 Å². The Bertz CT molecular complexity index is 560. The van der Waals surface area contributed by atoms with Gasteiger partial charge in [0.25, 0.3) is 0 Å². The summed E-state index contributed by atoms with van der Waals surface area (Å²) < 4.78 is 5.34. The summed E-state index contributed by atoms with van der Waals surface area (Å²) in [5.74, 6) is 0.489. The molecule has 0 spiro atoms. The van der Waals surface area contributed by atoms with Crippen molar-refractivity contribution in [2.75, 3.05) is 5.32 Å². The Balaban J connectivity index is 2.00. The van der Waals surface area contributed by atoms with E-state index in [-0.39, 0.29) is 18.2 Å². The van der Waals surface area contributed by atoms with Crippen molar-refractivity contribution in [1.82, 2.24) is 15.3 Å². The summed E-state index contributed by atoms with van der Waals surface area (Å²) in [5.41, 5.74) is 0.333. The van der Waals surface area contributed by atoms with E-state index in [4.69, 9.17) is 16.3 Å². The number of carbonyl (C=O) groups is 1. The number of hydrogen-bond donors (Lipinski definition) is 2. The van der Waals surface area contributed by atoms with Crippen LogP contribution in [-0.2, 0) is 4.74 Å². The van der Waals surface area contributed by atoms with Crippen molar-refractivity contribution >= 4 is 23.6 Å². The first kappa shape index (κ1) is 17.8. The molecule has 6 nitrogen and oxygen atoms in total. The number of carbonyl (C=O) groups excluding carboxylic acids is 1. The van der Waals surface area contributed by atoms with Gasteiger partial charge >= 0.3 is 6.09 Å². The molecule has 2 rings (SSSR count). The average molecular weight is 341 g/mol. The van der Waals surface area contributed by atoms with Crippen molar-refractivity contribution in [3.63, 3.8) is 0 Å². The van der Waals surface area contributed by atoms with Crippen LogP contribution in [-0.4, -0.2) is 33.7 Å². The maximum Gasteiger partial charge on any atom is 0.407 e. The third-order valence-electron chi connectivity index (χ3n) is 3.69. The molecule has 0 aliphatic heterocycles. The number of rotatable bonds is 3. The highest BCUT2D eigenvalue weighted by molar-refractivity contribution is 6.30. The molecule has 7 heteroatoms. The minimum atomic E-state index is -0.505. The second-order valence-electron chi connectivity index (χ2n) is 6.96. The van der Waals surface area contributed by atoms with Crippen LogP contribution in [0.25, 0.3) is 0 Å². The normalized spacial score (nSPS) is 21.6. The average Bonchev–Trinajstić information content (AvgIpc) is 2.43. The largest absolute Gasteiger partial charge is 0.444 e. The Morgan fingerprint density at radius 3 is 2.57 bits per heavy atom. The van der Waals surface area contributed by atoms with E-state index in [2.05, 4.69) is 20.6 Å². The Morgan fingerprint density at radius 1 is 1.30 bits per heavy atom. The van der Waals surface area contributed by atoms with E-state index >= 15 is 0 Å². The Hall–Kier alpha value is -1.56. The second-order valence-corrected chi connectivity index (χ2v) is 7.31. The van der Waals surface area contributed by atoms with E-state index in [1.807, 2.05) is 27.7 Å². The van der Waals surface area contributed by atoms with Crippen molar-refractivity contribution in [1.29, 1.82) is 0 Å². The van der Waals surface area contributed by atoms with Gasteiger partial charge in [0.2, 0.25) is 5.95 Å². The van der Waals surface area contributed by atoms with Gasteiger partial charge in [-0.2, -0.15) is 0 Å². The van der Waals surface area contributed by atoms with Gasteiger partial charge in [0, 0.05) is 17.8 Å². The third kappa shape index (κ3) is 5.53. The summed E-state index contributed by atoms with van der Waals surface area (Å²) in [5, 5.41) is 6.69. The lowest BCUT2D eigenvalue weighted by atomic mass is 9.90. The molecule has 0 aromatic carbocycles. The fourth-order valence-electron chi connectivity index (χ4n) is 2.59. The third-order valence-corrected chi connectivity index (χ3v) is 4.08. The number of aryl methyl sites for hydroxylation is 1. The fourth-order valence-corrected chi connectivity index (χ4v) is 2.72. The summed E-state index contributed by atoms with van der Waals surface area (Å²) in [7, 11) is 0. The predicted octanol–water partition coefficient (Wildman–Crippen LogP) is 3.69. The molecule has 1 amide bonds. The molecule has 2 atom stereocenters. The number of nitrogens with zero attached hydrogens (tertiary/aromatic N) is 2. The van der Waals surface area contributed by atoms with Crippen LogP contribution in [0.1, 0.15) is 52.0 Å². The summed E-state index contributed by atoms with van der Waals surface area (Å²) in [4.78, 5) is 20.5. The smallest absolute Gasteiger partial charge is 0.407 e. The van der Waals surface area contributed by atoms with Crippen molar-refractivity contribution in [3.05, 3.63) is 16.9 Å². The highest BCUT2D eigenvalue weighted by atomic mass is 35.5. The Morgan fingerprint density at radius 2 is 1.96 bits per heavy atom. The molecule has 1 aliphatic carbocycles. The van der Waals surface area contributed by atoms with Gasteiger partial charge in [-0.05, 0) is 40.5 Å². The summed E-state index contributed by atoms with van der Waals surface area (Å²) in [6.45, 7) is 7.42. The van der Waals surface area contributed by atoms with Crippen LogP contribution in [0.3, 0.4) is 0 Å². The van der Waals surface area contributed by atoms with Crippen LogP contribution in [0.2, 0.25) is 5.15 Å². The molecule has 23 heavy (non-hydrogen) atoms. The molecular weight excluding hydrogens is 316 g/mol. The summed E-state index contributed by atoms with van der Waals surface area (Å²) in [6.07, 6.45) is 5.32. The van der Waals surface area contributed by atoms with Crippen LogP contribution in [0, 0.1) is 6.92 Å². The van der Waals surface area contributed by atoms with Crippen molar-refractivity contribution in [3.8, 4) is 0 Å². The molecule has 0 radical (unpaired) electrons. The number of aromatic nitrogens is 2. The monoisotopic (exact) mass is 340 g/mol. The molecule has 0 bridgehead atoms. The van der Waals surface area contributed by atoms with Crippen LogP contribution < -0.4 is 10.6 Å². The fraction of sp³-hybridized carbons (Fsp3) is 0.688. The van der Waals surface area contributed by atoms with Gasteiger partial charge in [0.1, 0.15) is 10.8 Å². The SMILES string of the molecule is Cc1cnc(N[C@H]2CCCC[C@@H]2NC(=O)OC(C)(C)C)nc1Cl. The minimum absolute atomic E-state index is 0.0118. The molecular formula is C16H25ClN4O2. The van der Waals surface area contributed by atoms with E-state index in [1.165, 1.54) is 0 Å². The zero-order chi connectivity index (χ0) is 17.0. The van der Waals surface area contributed by atoms with E-state index in [0.29, 0.717) is 11.1 Å². The van der Waals surface area contributed by atoms with Crippen LogP contribution in [0.4, 0.5) is 10.7 Å². The van der Waals surface area contributed by atoms with E-state index in [1.54, 1.807) is 6.20 Å². The predicted molar refractivity (Wildman–Crippen MR) is 90.8 cm³/mol. The first-order chi connectivity index (χ1) is 10.7. The number of amides is 1. The molecule has 1 aromatic heterocycles. The van der Waals surface area contributed by atoms with E-state index < -0.39 is 5.60 Å². The van der Waals surface area contributed by atoms with Crippen molar-refractivity contribution in [2.24, 2.45) is 0 Å². The summed E-state index contributed by atoms with van der Waals surface area (Å²) >= 11 is 6.04. The molecule has 0 saturated heterocycles. The van der Waals surface area contributed by atoms with Crippen LogP contribution >= 0.6 is 11.6 Å². The molecule has 1 saturated carbocycles. The molecule has 128 valence electrons. The Labute approximate surface area is 142 Å². The van der Waals surface area contributed by atoms with E-state index in [0.717, 1.165) is 31.2 Å². The zero-order valence-electron chi connectivity index (χ0n) is 14.1. The number of hydrogen-bond acceptors (Lipinski definition) is 5. The molecule has 1 aromatic rings. The number of anilines is 1. The first-order valence-corrected chi connectivity index (χ1v) is 8.37. The van der Waals surface area contributed by atoms with Gasteiger partial charge < -0.3 is 15.4 Å². The molecule has 1 fully saturated rings.